The molecule has 3 rings (SSSR count). The molecule has 0 spiro atoms. The quantitative estimate of drug-likeness (QED) is 0.159. The second-order valence-corrected chi connectivity index (χ2v) is 10.4. The molecule has 2 N–H and O–H groups in total. The Balaban J connectivity index is 1.72. The van der Waals surface area contributed by atoms with Crippen molar-refractivity contribution in [3.8, 4) is 0 Å². The van der Waals surface area contributed by atoms with E-state index in [9.17, 15) is 18.0 Å². The Morgan fingerprint density at radius 2 is 1.62 bits per heavy atom. The van der Waals surface area contributed by atoms with Crippen LogP contribution in [0.4, 0.5) is 0 Å². The fourth-order valence-corrected chi connectivity index (χ4v) is 4.70. The van der Waals surface area contributed by atoms with Crippen molar-refractivity contribution < 1.29 is 27.2 Å². The number of hydrogen-bond acceptors (Lipinski definition) is 7. The van der Waals surface area contributed by atoms with E-state index < -0.39 is 21.8 Å². The standard InChI is InChI=1S/C24H24Cl2N4O6S/c1-35-13-12-27-23(31)24(32)29-28-14-20-8-9-21(36-20)16-30(15-17-2-4-18(25)5-3-17)37(33,34)22-10-6-19(26)7-11-22/h2-11,14H,12-13,15-16H2,1H3,(H,27,31)(H,29,32)/b28-14+. The van der Waals surface area contributed by atoms with Crippen LogP contribution in [0.5, 0.6) is 0 Å². The molecule has 0 atom stereocenters. The van der Waals surface area contributed by atoms with Crippen molar-refractivity contribution in [2.45, 2.75) is 18.0 Å². The predicted octanol–water partition coefficient (Wildman–Crippen LogP) is 3.19. The molecule has 0 aliphatic rings. The smallest absolute Gasteiger partial charge is 0.329 e. The lowest BCUT2D eigenvalue weighted by atomic mass is 10.2. The number of hydrazone groups is 1. The molecule has 1 aromatic heterocycles. The van der Waals surface area contributed by atoms with Gasteiger partial charge in [0.1, 0.15) is 11.5 Å². The number of amides is 2. The summed E-state index contributed by atoms with van der Waals surface area (Å²) in [5.41, 5.74) is 2.81. The number of methoxy groups -OCH3 is 1. The van der Waals surface area contributed by atoms with Crippen LogP contribution in [0, 0.1) is 0 Å². The predicted molar refractivity (Wildman–Crippen MR) is 139 cm³/mol. The van der Waals surface area contributed by atoms with Gasteiger partial charge in [-0.2, -0.15) is 9.41 Å². The van der Waals surface area contributed by atoms with Gasteiger partial charge in [-0.15, -0.1) is 0 Å². The van der Waals surface area contributed by atoms with Crippen LogP contribution in [0.15, 0.2) is 75.1 Å². The lowest BCUT2D eigenvalue weighted by Crippen LogP contribution is -2.39. The molecule has 196 valence electrons. The van der Waals surface area contributed by atoms with Crippen molar-refractivity contribution >= 4 is 51.3 Å². The highest BCUT2D eigenvalue weighted by Gasteiger charge is 2.26. The molecular formula is C24H24Cl2N4O6S. The van der Waals surface area contributed by atoms with Crippen LogP contribution in [-0.2, 0) is 37.4 Å². The van der Waals surface area contributed by atoms with Crippen LogP contribution in [0.2, 0.25) is 10.0 Å². The van der Waals surface area contributed by atoms with E-state index in [1.165, 1.54) is 41.9 Å². The SMILES string of the molecule is COCCNC(=O)C(=O)N/N=C/c1ccc(CN(Cc2ccc(Cl)cc2)S(=O)(=O)c2ccc(Cl)cc2)o1. The number of hydrogen-bond donors (Lipinski definition) is 2. The Labute approximate surface area is 224 Å². The van der Waals surface area contributed by atoms with Gasteiger partial charge in [0.25, 0.3) is 0 Å². The number of carbonyl (C=O) groups excluding carboxylic acids is 2. The number of rotatable bonds is 11. The summed E-state index contributed by atoms with van der Waals surface area (Å²) in [5.74, 6) is -1.25. The number of sulfonamides is 1. The zero-order valence-corrected chi connectivity index (χ0v) is 22.0. The summed E-state index contributed by atoms with van der Waals surface area (Å²) in [4.78, 5) is 23.4. The van der Waals surface area contributed by atoms with Gasteiger partial charge in [0.05, 0.1) is 24.3 Å². The van der Waals surface area contributed by atoms with Gasteiger partial charge < -0.3 is 14.5 Å². The summed E-state index contributed by atoms with van der Waals surface area (Å²) >= 11 is 11.9. The highest BCUT2D eigenvalue weighted by Crippen LogP contribution is 2.24. The Hall–Kier alpha value is -3.22. The van der Waals surface area contributed by atoms with Crippen molar-refractivity contribution in [1.82, 2.24) is 15.0 Å². The maximum Gasteiger partial charge on any atom is 0.329 e. The van der Waals surface area contributed by atoms with Crippen LogP contribution < -0.4 is 10.7 Å². The Kier molecular flexibility index (Phi) is 10.2. The second-order valence-electron chi connectivity index (χ2n) is 7.61. The summed E-state index contributed by atoms with van der Waals surface area (Å²) in [6, 6.07) is 15.8. The first kappa shape index (κ1) is 28.4. The number of furan rings is 1. The Bertz CT molecular complexity index is 1340. The highest BCUT2D eigenvalue weighted by atomic mass is 35.5. The van der Waals surface area contributed by atoms with Gasteiger partial charge in [0, 0.05) is 30.2 Å². The molecule has 37 heavy (non-hydrogen) atoms. The minimum atomic E-state index is -3.92. The average Bonchev–Trinajstić information content (AvgIpc) is 3.32. The highest BCUT2D eigenvalue weighted by molar-refractivity contribution is 7.89. The number of nitrogens with zero attached hydrogens (tertiary/aromatic N) is 2. The minimum absolute atomic E-state index is 0.0560. The fourth-order valence-electron chi connectivity index (χ4n) is 3.05. The molecular weight excluding hydrogens is 543 g/mol. The second kappa shape index (κ2) is 13.4. The summed E-state index contributed by atoms with van der Waals surface area (Å²) in [5, 5.41) is 7.00. The summed E-state index contributed by atoms with van der Waals surface area (Å²) in [6.45, 7) is 0.413. The number of benzene rings is 2. The molecule has 0 radical (unpaired) electrons. The van der Waals surface area contributed by atoms with Gasteiger partial charge in [-0.25, -0.2) is 13.8 Å². The molecule has 2 amide bonds. The van der Waals surface area contributed by atoms with Crippen molar-refractivity contribution in [3.63, 3.8) is 0 Å². The number of halogens is 2. The van der Waals surface area contributed by atoms with Crippen molar-refractivity contribution in [2.75, 3.05) is 20.3 Å². The first-order valence-electron chi connectivity index (χ1n) is 10.9. The molecule has 1 heterocycles. The van der Waals surface area contributed by atoms with E-state index in [1.54, 1.807) is 36.4 Å². The number of carbonyl (C=O) groups is 2. The van der Waals surface area contributed by atoms with Crippen LogP contribution in [0.1, 0.15) is 17.1 Å². The zero-order chi connectivity index (χ0) is 26.8. The van der Waals surface area contributed by atoms with Crippen LogP contribution in [0.25, 0.3) is 0 Å². The third-order valence-electron chi connectivity index (χ3n) is 4.89. The van der Waals surface area contributed by atoms with Crippen LogP contribution in [0.3, 0.4) is 0 Å². The maximum absolute atomic E-state index is 13.4. The van der Waals surface area contributed by atoms with Crippen molar-refractivity contribution in [1.29, 1.82) is 0 Å². The summed E-state index contributed by atoms with van der Waals surface area (Å²) in [7, 11) is -2.45. The molecule has 0 bridgehead atoms. The van der Waals surface area contributed by atoms with E-state index in [-0.39, 0.29) is 36.9 Å². The van der Waals surface area contributed by atoms with E-state index in [2.05, 4.69) is 15.8 Å². The minimum Gasteiger partial charge on any atom is -0.459 e. The number of nitrogens with one attached hydrogen (secondary N) is 2. The van der Waals surface area contributed by atoms with Gasteiger partial charge in [-0.1, -0.05) is 35.3 Å². The average molecular weight is 567 g/mol. The molecule has 10 nitrogen and oxygen atoms in total. The third-order valence-corrected chi connectivity index (χ3v) is 7.20. The molecule has 0 fully saturated rings. The van der Waals surface area contributed by atoms with Gasteiger partial charge in [-0.3, -0.25) is 9.59 Å². The molecule has 0 aliphatic carbocycles. The molecule has 0 saturated heterocycles. The fraction of sp³-hybridized carbons (Fsp3) is 0.208. The van der Waals surface area contributed by atoms with Crippen LogP contribution >= 0.6 is 23.2 Å². The van der Waals surface area contributed by atoms with Crippen molar-refractivity contribution in [2.24, 2.45) is 5.10 Å². The molecule has 2 aromatic carbocycles. The van der Waals surface area contributed by atoms with Gasteiger partial charge in [0.15, 0.2) is 0 Å². The molecule has 0 unspecified atom stereocenters. The normalized spacial score (nSPS) is 11.7. The lowest BCUT2D eigenvalue weighted by Gasteiger charge is -2.21. The molecule has 3 aromatic rings. The molecule has 0 aliphatic heterocycles. The van der Waals surface area contributed by atoms with Gasteiger partial charge in [-0.05, 0) is 54.1 Å². The van der Waals surface area contributed by atoms with E-state index in [1.807, 2.05) is 0 Å². The van der Waals surface area contributed by atoms with E-state index >= 15 is 0 Å². The first-order valence-corrected chi connectivity index (χ1v) is 13.1. The van der Waals surface area contributed by atoms with Crippen LogP contribution in [-0.4, -0.2) is 51.0 Å². The van der Waals surface area contributed by atoms with E-state index in [4.69, 9.17) is 32.4 Å². The first-order chi connectivity index (χ1) is 17.7. The van der Waals surface area contributed by atoms with E-state index in [0.717, 1.165) is 5.56 Å². The summed E-state index contributed by atoms with van der Waals surface area (Å²) < 4.78 is 38.6. The van der Waals surface area contributed by atoms with Gasteiger partial charge >= 0.3 is 11.8 Å². The van der Waals surface area contributed by atoms with Crippen molar-refractivity contribution in [3.05, 3.63) is 87.8 Å². The van der Waals surface area contributed by atoms with Gasteiger partial charge in [0.2, 0.25) is 10.0 Å². The Morgan fingerprint density at radius 1 is 0.973 bits per heavy atom. The van der Waals surface area contributed by atoms with E-state index in [0.29, 0.717) is 15.8 Å². The lowest BCUT2D eigenvalue weighted by molar-refractivity contribution is -0.139. The Morgan fingerprint density at radius 3 is 2.27 bits per heavy atom. The molecule has 0 saturated carbocycles. The largest absolute Gasteiger partial charge is 0.459 e. The maximum atomic E-state index is 13.4. The monoisotopic (exact) mass is 566 g/mol. The summed E-state index contributed by atoms with van der Waals surface area (Å²) in [6.07, 6.45) is 1.20. The third kappa shape index (κ3) is 8.41. The number of ether oxygens (including phenoxy) is 1. The molecule has 13 heteroatoms. The zero-order valence-electron chi connectivity index (χ0n) is 19.7. The topological polar surface area (TPSA) is 130 Å².